The lowest BCUT2D eigenvalue weighted by atomic mass is 9.89. The molecule has 2 aliphatic rings. The summed E-state index contributed by atoms with van der Waals surface area (Å²) in [5.41, 5.74) is 5.89. The van der Waals surface area contributed by atoms with Crippen LogP contribution >= 0.6 is 11.3 Å². The second-order valence-electron chi connectivity index (χ2n) is 8.53. The number of nitrogens with one attached hydrogen (secondary N) is 1. The van der Waals surface area contributed by atoms with Crippen molar-refractivity contribution in [1.82, 2.24) is 4.68 Å². The second kappa shape index (κ2) is 8.74. The topological polar surface area (TPSA) is 68.0 Å². The molecule has 6 nitrogen and oxygen atoms in total. The van der Waals surface area contributed by atoms with Crippen LogP contribution in [-0.2, 0) is 4.79 Å². The number of hydrogen-bond acceptors (Lipinski definition) is 5. The van der Waals surface area contributed by atoms with Crippen LogP contribution in [0.4, 0.5) is 11.4 Å². The maximum absolute atomic E-state index is 11.8. The van der Waals surface area contributed by atoms with E-state index in [0.29, 0.717) is 17.4 Å². The highest BCUT2D eigenvalue weighted by Gasteiger charge is 2.19. The van der Waals surface area contributed by atoms with Gasteiger partial charge in [0, 0.05) is 16.7 Å². The van der Waals surface area contributed by atoms with Crippen LogP contribution in [0.25, 0.3) is 11.3 Å². The van der Waals surface area contributed by atoms with Crippen molar-refractivity contribution in [3.63, 3.8) is 0 Å². The van der Waals surface area contributed by atoms with Crippen LogP contribution in [0.5, 0.6) is 5.75 Å². The number of rotatable bonds is 3. The number of nitrogens with zero attached hydrogens (tertiary/aromatic N) is 3. The largest absolute Gasteiger partial charge is 0.482 e. The lowest BCUT2D eigenvalue weighted by Crippen LogP contribution is -2.25. The van der Waals surface area contributed by atoms with Gasteiger partial charge in [0.05, 0.1) is 17.1 Å². The minimum atomic E-state index is -0.139. The lowest BCUT2D eigenvalue weighted by Gasteiger charge is -2.20. The summed E-state index contributed by atoms with van der Waals surface area (Å²) in [5.74, 6) is 1.20. The Hall–Kier alpha value is -3.19. The zero-order valence-electron chi connectivity index (χ0n) is 18.3. The number of anilines is 1. The van der Waals surface area contributed by atoms with Crippen molar-refractivity contribution in [2.75, 3.05) is 11.9 Å². The average Bonchev–Trinajstić information content (AvgIpc) is 3.17. The predicted octanol–water partition coefficient (Wildman–Crippen LogP) is 5.50. The zero-order chi connectivity index (χ0) is 22.1. The van der Waals surface area contributed by atoms with Crippen molar-refractivity contribution in [3.05, 3.63) is 58.2 Å². The summed E-state index contributed by atoms with van der Waals surface area (Å²) in [4.78, 5) is 17.6. The fraction of sp³-hybridized carbons (Fsp3) is 0.320. The van der Waals surface area contributed by atoms with Gasteiger partial charge in [-0.2, -0.15) is 5.10 Å². The Morgan fingerprint density at radius 2 is 2.09 bits per heavy atom. The summed E-state index contributed by atoms with van der Waals surface area (Å²) >= 11 is 1.57. The van der Waals surface area contributed by atoms with Crippen LogP contribution < -0.4 is 14.9 Å². The molecule has 1 aliphatic carbocycles. The number of para-hydroxylation sites is 1. The van der Waals surface area contributed by atoms with E-state index in [1.807, 2.05) is 41.1 Å². The summed E-state index contributed by atoms with van der Waals surface area (Å²) in [6.45, 7) is 4.41. The number of thiazole rings is 1. The Kier molecular flexibility index (Phi) is 5.66. The third-order valence-electron chi connectivity index (χ3n) is 5.91. The molecule has 5 rings (SSSR count). The maximum atomic E-state index is 11.8. The quantitative estimate of drug-likeness (QED) is 0.577. The Labute approximate surface area is 191 Å². The molecule has 1 unspecified atom stereocenters. The lowest BCUT2D eigenvalue weighted by molar-refractivity contribution is -0.118. The molecule has 1 N–H and O–H groups in total. The van der Waals surface area contributed by atoms with Gasteiger partial charge in [-0.25, -0.2) is 9.67 Å². The molecule has 0 spiro atoms. The minimum absolute atomic E-state index is 0.0517. The molecule has 1 aliphatic heterocycles. The molecule has 2 aromatic carbocycles. The highest BCUT2D eigenvalue weighted by molar-refractivity contribution is 7.07. The van der Waals surface area contributed by atoms with E-state index in [2.05, 4.69) is 30.6 Å². The molecule has 1 saturated carbocycles. The van der Waals surface area contributed by atoms with Gasteiger partial charge in [0.1, 0.15) is 5.75 Å². The van der Waals surface area contributed by atoms with E-state index in [4.69, 9.17) is 14.8 Å². The van der Waals surface area contributed by atoms with E-state index in [1.54, 1.807) is 11.3 Å². The monoisotopic (exact) mass is 446 g/mol. The highest BCUT2D eigenvalue weighted by Crippen LogP contribution is 2.33. The molecule has 0 saturated heterocycles. The van der Waals surface area contributed by atoms with Crippen molar-refractivity contribution in [2.24, 2.45) is 16.0 Å². The van der Waals surface area contributed by atoms with Crippen LogP contribution in [0.3, 0.4) is 0 Å². The summed E-state index contributed by atoms with van der Waals surface area (Å²) in [6, 6.07) is 14.0. The van der Waals surface area contributed by atoms with E-state index in [9.17, 15) is 4.79 Å². The summed E-state index contributed by atoms with van der Waals surface area (Å²) in [7, 11) is 0. The molecule has 7 heteroatoms. The number of ether oxygens (including phenoxy) is 1. The van der Waals surface area contributed by atoms with Gasteiger partial charge in [0.2, 0.25) is 4.80 Å². The Morgan fingerprint density at radius 3 is 2.94 bits per heavy atom. The molecule has 1 fully saturated rings. The van der Waals surface area contributed by atoms with Crippen molar-refractivity contribution in [2.45, 2.75) is 39.5 Å². The third kappa shape index (κ3) is 4.25. The van der Waals surface area contributed by atoms with Crippen molar-refractivity contribution in [1.29, 1.82) is 0 Å². The first-order valence-corrected chi connectivity index (χ1v) is 11.9. The molecular weight excluding hydrogens is 420 g/mol. The van der Waals surface area contributed by atoms with Gasteiger partial charge in [-0.05, 0) is 68.4 Å². The van der Waals surface area contributed by atoms with E-state index in [0.717, 1.165) is 40.2 Å². The zero-order valence-corrected chi connectivity index (χ0v) is 19.1. The van der Waals surface area contributed by atoms with Gasteiger partial charge in [0.15, 0.2) is 6.61 Å². The second-order valence-corrected chi connectivity index (χ2v) is 9.37. The normalized spacial score (nSPS) is 20.1. The average molecular weight is 447 g/mol. The first-order valence-electron chi connectivity index (χ1n) is 11.0. The fourth-order valence-corrected chi connectivity index (χ4v) is 5.04. The number of amides is 1. The third-order valence-corrected chi connectivity index (χ3v) is 6.73. The number of carbonyl (C=O) groups excluding carboxylic acids is 1. The van der Waals surface area contributed by atoms with E-state index in [1.165, 1.54) is 18.6 Å². The molecule has 164 valence electrons. The smallest absolute Gasteiger partial charge is 0.262 e. The first kappa shape index (κ1) is 20.7. The number of benzene rings is 2. The van der Waals surface area contributed by atoms with Crippen molar-refractivity contribution < 1.29 is 9.53 Å². The Bertz CT molecular complexity index is 1270. The number of carbonyl (C=O) groups is 1. The van der Waals surface area contributed by atoms with Crippen LogP contribution in [-0.4, -0.2) is 22.9 Å². The van der Waals surface area contributed by atoms with Crippen molar-refractivity contribution >= 4 is 34.3 Å². The number of aryl methyl sites for hydroxylation is 1. The fourth-order valence-electron chi connectivity index (χ4n) is 4.20. The molecule has 1 amide bonds. The number of hydrogen-bond donors (Lipinski definition) is 1. The maximum Gasteiger partial charge on any atom is 0.262 e. The number of fused-ring (bicyclic) bond motifs is 1. The van der Waals surface area contributed by atoms with Crippen LogP contribution in [0.15, 0.2) is 57.9 Å². The van der Waals surface area contributed by atoms with Gasteiger partial charge in [0.25, 0.3) is 5.91 Å². The molecule has 1 aromatic heterocycles. The molecular formula is C25H26N4O2S. The van der Waals surface area contributed by atoms with Crippen molar-refractivity contribution in [3.8, 4) is 17.0 Å². The molecule has 1 atom stereocenters. The Morgan fingerprint density at radius 1 is 1.22 bits per heavy atom. The first-order chi connectivity index (χ1) is 15.6. The highest BCUT2D eigenvalue weighted by atomic mass is 32.1. The predicted molar refractivity (Wildman–Crippen MR) is 129 cm³/mol. The standard InChI is InChI=1S/C25H26N4O2S/c1-16-6-5-8-19(12-16)28-29-22(15-32-25(29)27-20-9-4-3-7-17(20)2)18-10-11-23-21(13-18)26-24(30)14-31-23/h3-4,7,9-11,13,15-16H,5-6,8,12,14H2,1-2H3,(H,26,30). The van der Waals surface area contributed by atoms with E-state index >= 15 is 0 Å². The molecule has 32 heavy (non-hydrogen) atoms. The van der Waals surface area contributed by atoms with Crippen LogP contribution in [0.2, 0.25) is 0 Å². The van der Waals surface area contributed by atoms with Gasteiger partial charge in [-0.15, -0.1) is 11.3 Å². The van der Waals surface area contributed by atoms with E-state index in [-0.39, 0.29) is 12.5 Å². The van der Waals surface area contributed by atoms with Crippen LogP contribution in [0.1, 0.15) is 38.2 Å². The summed E-state index contributed by atoms with van der Waals surface area (Å²) in [5, 5.41) is 10.1. The molecule has 3 aromatic rings. The molecule has 0 radical (unpaired) electrons. The summed E-state index contributed by atoms with van der Waals surface area (Å²) < 4.78 is 7.50. The SMILES string of the molecule is Cc1ccccc1N=c1scc(-c2ccc3c(c2)NC(=O)CO3)n1N=C1CCCC(C)C1. The van der Waals surface area contributed by atoms with E-state index < -0.39 is 0 Å². The van der Waals surface area contributed by atoms with Crippen LogP contribution in [0, 0.1) is 12.8 Å². The minimum Gasteiger partial charge on any atom is -0.482 e. The van der Waals surface area contributed by atoms with Gasteiger partial charge in [-0.3, -0.25) is 4.79 Å². The molecule has 0 bridgehead atoms. The molecule has 2 heterocycles. The number of aromatic nitrogens is 1. The van der Waals surface area contributed by atoms with Gasteiger partial charge >= 0.3 is 0 Å². The summed E-state index contributed by atoms with van der Waals surface area (Å²) in [6.07, 6.45) is 4.46. The Balaban J connectivity index is 1.64. The van der Waals surface area contributed by atoms with Gasteiger partial charge < -0.3 is 10.1 Å². The van der Waals surface area contributed by atoms with Gasteiger partial charge in [-0.1, -0.05) is 25.1 Å².